The molecule has 1 aromatic heterocycles. The van der Waals surface area contributed by atoms with Crippen LogP contribution in [0.15, 0.2) is 18.2 Å². The predicted molar refractivity (Wildman–Crippen MR) is 78.6 cm³/mol. The molecule has 0 amide bonds. The Bertz CT molecular complexity index is 511. The summed E-state index contributed by atoms with van der Waals surface area (Å²) in [5.41, 5.74) is 0. The van der Waals surface area contributed by atoms with Crippen LogP contribution in [-0.4, -0.2) is 39.3 Å². The van der Waals surface area contributed by atoms with Crippen molar-refractivity contribution in [2.75, 3.05) is 0 Å². The average Bonchev–Trinajstić information content (AvgIpc) is 2.92. The molecular formula is C15H19NO3S. The third kappa shape index (κ3) is 2.95. The Morgan fingerprint density at radius 3 is 2.70 bits per heavy atom. The van der Waals surface area contributed by atoms with Crippen molar-refractivity contribution >= 4 is 23.4 Å². The first kappa shape index (κ1) is 13.8. The van der Waals surface area contributed by atoms with E-state index in [-0.39, 0.29) is 6.10 Å². The van der Waals surface area contributed by atoms with E-state index in [9.17, 15) is 9.90 Å². The van der Waals surface area contributed by atoms with Gasteiger partial charge in [0.2, 0.25) is 0 Å². The monoisotopic (exact) mass is 293 g/mol. The lowest BCUT2D eigenvalue weighted by Gasteiger charge is -2.36. The lowest BCUT2D eigenvalue weighted by Crippen LogP contribution is -2.43. The quantitative estimate of drug-likeness (QED) is 0.837. The second-order valence-corrected chi connectivity index (χ2v) is 6.86. The molecule has 4 nitrogen and oxygen atoms in total. The molecule has 2 saturated heterocycles. The Morgan fingerprint density at radius 1 is 1.35 bits per heavy atom. The standard InChI is InChI=1S/C15H19NO3S/c17-12-7-10-1-2-11(8-12)16(10)9-14-4-3-13(20-14)5-6-15(18)19/h3-6,10-12,17H,1-2,7-9H2,(H,18,19). The van der Waals surface area contributed by atoms with E-state index in [2.05, 4.69) is 11.0 Å². The minimum absolute atomic E-state index is 0.124. The second-order valence-electron chi connectivity index (χ2n) is 5.66. The summed E-state index contributed by atoms with van der Waals surface area (Å²) >= 11 is 1.65. The smallest absolute Gasteiger partial charge is 0.328 e. The molecule has 0 radical (unpaired) electrons. The molecule has 2 aliphatic rings. The fourth-order valence-corrected chi connectivity index (χ4v) is 4.33. The lowest BCUT2D eigenvalue weighted by atomic mass is 10.00. The van der Waals surface area contributed by atoms with Crippen molar-refractivity contribution < 1.29 is 15.0 Å². The molecule has 2 bridgehead atoms. The number of carboxylic acid groups (broad SMARTS) is 1. The minimum atomic E-state index is -0.914. The van der Waals surface area contributed by atoms with Crippen LogP contribution in [0.1, 0.15) is 35.4 Å². The molecule has 2 atom stereocenters. The van der Waals surface area contributed by atoms with Gasteiger partial charge in [-0.15, -0.1) is 11.3 Å². The zero-order valence-corrected chi connectivity index (χ0v) is 12.1. The summed E-state index contributed by atoms with van der Waals surface area (Å²) in [5, 5.41) is 18.4. The normalized spacial score (nSPS) is 30.1. The van der Waals surface area contributed by atoms with Gasteiger partial charge < -0.3 is 10.2 Å². The number of fused-ring (bicyclic) bond motifs is 2. The highest BCUT2D eigenvalue weighted by molar-refractivity contribution is 7.12. The molecule has 2 fully saturated rings. The Hall–Kier alpha value is -1.17. The number of nitrogens with zero attached hydrogens (tertiary/aromatic N) is 1. The molecule has 0 spiro atoms. The van der Waals surface area contributed by atoms with Crippen molar-refractivity contribution in [3.8, 4) is 0 Å². The van der Waals surface area contributed by atoms with E-state index in [0.717, 1.165) is 24.3 Å². The number of carbonyl (C=O) groups is 1. The first-order valence-corrected chi connectivity index (χ1v) is 7.87. The number of aliphatic carboxylic acids is 1. The maximum atomic E-state index is 10.5. The van der Waals surface area contributed by atoms with Crippen LogP contribution in [0.4, 0.5) is 0 Å². The highest BCUT2D eigenvalue weighted by Crippen LogP contribution is 2.37. The summed E-state index contributed by atoms with van der Waals surface area (Å²) in [7, 11) is 0. The summed E-state index contributed by atoms with van der Waals surface area (Å²) in [4.78, 5) is 15.3. The van der Waals surface area contributed by atoms with Crippen molar-refractivity contribution in [3.05, 3.63) is 28.0 Å². The van der Waals surface area contributed by atoms with E-state index in [1.54, 1.807) is 17.4 Å². The van der Waals surface area contributed by atoms with Gasteiger partial charge in [0.15, 0.2) is 0 Å². The van der Waals surface area contributed by atoms with Crippen molar-refractivity contribution in [2.45, 2.75) is 50.4 Å². The molecule has 2 aliphatic heterocycles. The highest BCUT2D eigenvalue weighted by Gasteiger charge is 2.39. The fraction of sp³-hybridized carbons (Fsp3) is 0.533. The number of carboxylic acids is 1. The number of aliphatic hydroxyl groups is 1. The van der Waals surface area contributed by atoms with Crippen molar-refractivity contribution in [3.63, 3.8) is 0 Å². The topological polar surface area (TPSA) is 60.8 Å². The van der Waals surface area contributed by atoms with Crippen LogP contribution >= 0.6 is 11.3 Å². The SMILES string of the molecule is O=C(O)C=Cc1ccc(CN2C3CCC2CC(O)C3)s1. The number of aliphatic hydroxyl groups excluding tert-OH is 1. The first-order valence-electron chi connectivity index (χ1n) is 7.05. The molecule has 0 aliphatic carbocycles. The van der Waals surface area contributed by atoms with E-state index in [0.29, 0.717) is 12.1 Å². The summed E-state index contributed by atoms with van der Waals surface area (Å²) < 4.78 is 0. The van der Waals surface area contributed by atoms with Gasteiger partial charge in [-0.3, -0.25) is 4.90 Å². The third-order valence-corrected chi connectivity index (χ3v) is 5.31. The molecule has 1 aromatic rings. The van der Waals surface area contributed by atoms with Crippen LogP contribution in [0.3, 0.4) is 0 Å². The van der Waals surface area contributed by atoms with Gasteiger partial charge in [-0.1, -0.05) is 0 Å². The molecule has 108 valence electrons. The first-order chi connectivity index (χ1) is 9.61. The minimum Gasteiger partial charge on any atom is -0.478 e. The molecule has 20 heavy (non-hydrogen) atoms. The summed E-state index contributed by atoms with van der Waals surface area (Å²) in [6.07, 6.45) is 6.88. The number of rotatable bonds is 4. The molecule has 0 aromatic carbocycles. The predicted octanol–water partition coefficient (Wildman–Crippen LogP) is 2.33. The maximum Gasteiger partial charge on any atom is 0.328 e. The van der Waals surface area contributed by atoms with Gasteiger partial charge in [-0.25, -0.2) is 4.79 Å². The average molecular weight is 293 g/mol. The van der Waals surface area contributed by atoms with E-state index in [4.69, 9.17) is 5.11 Å². The van der Waals surface area contributed by atoms with Gasteiger partial charge in [0.05, 0.1) is 6.10 Å². The summed E-state index contributed by atoms with van der Waals surface area (Å²) in [6.45, 7) is 0.924. The van der Waals surface area contributed by atoms with Gasteiger partial charge in [-0.05, 0) is 43.9 Å². The van der Waals surface area contributed by atoms with Crippen LogP contribution in [0.5, 0.6) is 0 Å². The van der Waals surface area contributed by atoms with Gasteiger partial charge >= 0.3 is 5.97 Å². The number of piperidine rings is 1. The van der Waals surface area contributed by atoms with E-state index in [1.807, 2.05) is 6.07 Å². The van der Waals surface area contributed by atoms with Crippen molar-refractivity contribution in [1.82, 2.24) is 4.90 Å². The summed E-state index contributed by atoms with van der Waals surface area (Å²) in [6, 6.07) is 5.09. The molecule has 2 N–H and O–H groups in total. The molecule has 0 saturated carbocycles. The van der Waals surface area contributed by atoms with Gasteiger partial charge in [-0.2, -0.15) is 0 Å². The zero-order chi connectivity index (χ0) is 14.1. The highest BCUT2D eigenvalue weighted by atomic mass is 32.1. The number of hydrogen-bond acceptors (Lipinski definition) is 4. The molecular weight excluding hydrogens is 274 g/mol. The fourth-order valence-electron chi connectivity index (χ4n) is 3.41. The Labute approximate surface area is 122 Å². The maximum absolute atomic E-state index is 10.5. The van der Waals surface area contributed by atoms with Gasteiger partial charge in [0.1, 0.15) is 0 Å². The molecule has 2 unspecified atom stereocenters. The molecule has 3 rings (SSSR count). The second kappa shape index (κ2) is 5.68. The molecule has 3 heterocycles. The van der Waals surface area contributed by atoms with Crippen molar-refractivity contribution in [1.29, 1.82) is 0 Å². The zero-order valence-electron chi connectivity index (χ0n) is 11.2. The Kier molecular flexibility index (Phi) is 3.92. The molecule has 5 heteroatoms. The Morgan fingerprint density at radius 2 is 2.05 bits per heavy atom. The van der Waals surface area contributed by atoms with E-state index >= 15 is 0 Å². The van der Waals surface area contributed by atoms with Gasteiger partial charge in [0.25, 0.3) is 0 Å². The van der Waals surface area contributed by atoms with Crippen LogP contribution in [0.25, 0.3) is 6.08 Å². The number of hydrogen-bond donors (Lipinski definition) is 2. The van der Waals surface area contributed by atoms with E-state index in [1.165, 1.54) is 23.8 Å². The lowest BCUT2D eigenvalue weighted by molar-refractivity contribution is -0.131. The Balaban J connectivity index is 1.65. The third-order valence-electron chi connectivity index (χ3n) is 4.27. The van der Waals surface area contributed by atoms with E-state index < -0.39 is 5.97 Å². The van der Waals surface area contributed by atoms with Crippen molar-refractivity contribution in [2.24, 2.45) is 0 Å². The van der Waals surface area contributed by atoms with Crippen LogP contribution in [0, 0.1) is 0 Å². The van der Waals surface area contributed by atoms with Crippen LogP contribution < -0.4 is 0 Å². The van der Waals surface area contributed by atoms with Crippen LogP contribution in [0.2, 0.25) is 0 Å². The summed E-state index contributed by atoms with van der Waals surface area (Å²) in [5.74, 6) is -0.914. The van der Waals surface area contributed by atoms with Gasteiger partial charge in [0, 0.05) is 34.5 Å². The van der Waals surface area contributed by atoms with Crippen LogP contribution in [-0.2, 0) is 11.3 Å². The largest absolute Gasteiger partial charge is 0.478 e. The number of thiophene rings is 1.